The number of halogens is 4. The van der Waals surface area contributed by atoms with Gasteiger partial charge in [0, 0.05) is 25.3 Å². The number of anilines is 1. The summed E-state index contributed by atoms with van der Waals surface area (Å²) in [5.41, 5.74) is -2.74. The minimum absolute atomic E-state index is 0.0543. The molecule has 1 aliphatic rings. The molecule has 1 N–H and O–H groups in total. The Balaban J connectivity index is 1.74. The Morgan fingerprint density at radius 1 is 1.08 bits per heavy atom. The van der Waals surface area contributed by atoms with Crippen molar-refractivity contribution in [3.8, 4) is 0 Å². The van der Waals surface area contributed by atoms with Crippen LogP contribution in [0.5, 0.6) is 0 Å². The number of aliphatic hydroxyl groups is 1. The van der Waals surface area contributed by atoms with E-state index in [0.29, 0.717) is 12.6 Å². The number of thiophene rings is 1. The first-order chi connectivity index (χ1) is 17.4. The summed E-state index contributed by atoms with van der Waals surface area (Å²) in [4.78, 5) is 1.87. The highest BCUT2D eigenvalue weighted by Gasteiger charge is 2.51. The van der Waals surface area contributed by atoms with Crippen LogP contribution in [0.15, 0.2) is 70.3 Å². The molecule has 0 bridgehead atoms. The molecule has 1 fully saturated rings. The molecular formula is C24H22F4N2O4S3. The van der Waals surface area contributed by atoms with E-state index in [1.54, 1.807) is 16.3 Å². The molecule has 3 aromatic rings. The maximum atomic E-state index is 14.0. The summed E-state index contributed by atoms with van der Waals surface area (Å²) in [6.07, 6.45) is -4.89. The van der Waals surface area contributed by atoms with Crippen LogP contribution in [-0.4, -0.2) is 58.8 Å². The van der Waals surface area contributed by atoms with Crippen molar-refractivity contribution in [1.29, 1.82) is 0 Å². The smallest absolute Gasteiger partial charge is 0.376 e. The number of benzene rings is 2. The third-order valence-electron chi connectivity index (χ3n) is 6.25. The summed E-state index contributed by atoms with van der Waals surface area (Å²) in [5.74, 6) is -0.576. The van der Waals surface area contributed by atoms with Gasteiger partial charge in [-0.25, -0.2) is 17.0 Å². The van der Waals surface area contributed by atoms with Gasteiger partial charge in [0.05, 0.1) is 22.2 Å². The van der Waals surface area contributed by atoms with E-state index in [2.05, 4.69) is 0 Å². The molecule has 0 amide bonds. The standard InChI is InChI=1S/C24H22F4N2O4S3/c1-23(31,24(26,27)28)17-7-9-19(10-8-17)30-12-11-29(37(33,34)21-6-3-13-35-21)15-20(30)22(36-32)16-4-2-5-18(25)14-16/h2-10,13-14,20,31H,11-12,15H2,1H3/t20-,23?/m1/s1. The van der Waals surface area contributed by atoms with Gasteiger partial charge in [-0.05, 0) is 53.8 Å². The van der Waals surface area contributed by atoms with Crippen LogP contribution in [0.1, 0.15) is 18.1 Å². The van der Waals surface area contributed by atoms with Crippen molar-refractivity contribution in [1.82, 2.24) is 4.31 Å². The predicted octanol–water partition coefficient (Wildman–Crippen LogP) is 3.97. The van der Waals surface area contributed by atoms with E-state index < -0.39 is 33.7 Å². The SMILES string of the molecule is CC(O)(c1ccc(N2CCN(S(=O)(=O)c3cccs3)C[C@@H]2C(=S=O)c2cccc(F)c2)cc1)C(F)(F)F. The van der Waals surface area contributed by atoms with Gasteiger partial charge in [0.25, 0.3) is 10.0 Å². The second-order valence-electron chi connectivity index (χ2n) is 8.58. The van der Waals surface area contributed by atoms with Gasteiger partial charge in [-0.1, -0.05) is 30.3 Å². The zero-order valence-electron chi connectivity index (χ0n) is 19.4. The summed E-state index contributed by atoms with van der Waals surface area (Å²) < 4.78 is 94.0. The lowest BCUT2D eigenvalue weighted by Gasteiger charge is -2.42. The number of rotatable bonds is 6. The topological polar surface area (TPSA) is 77.9 Å². The molecule has 1 aliphatic heterocycles. The third-order valence-corrected chi connectivity index (χ3v) is 10.2. The fraction of sp³-hybridized carbons (Fsp3) is 0.292. The van der Waals surface area contributed by atoms with Gasteiger partial charge in [-0.2, -0.15) is 17.5 Å². The molecule has 2 heterocycles. The molecular weight excluding hydrogens is 552 g/mol. The van der Waals surface area contributed by atoms with Crippen LogP contribution in [0.3, 0.4) is 0 Å². The van der Waals surface area contributed by atoms with E-state index in [1.165, 1.54) is 46.8 Å². The van der Waals surface area contributed by atoms with Gasteiger partial charge in [0.1, 0.15) is 10.0 Å². The Morgan fingerprint density at radius 2 is 1.78 bits per heavy atom. The Hall–Kier alpha value is -2.58. The van der Waals surface area contributed by atoms with E-state index in [9.17, 15) is 35.3 Å². The van der Waals surface area contributed by atoms with Gasteiger partial charge in [0.15, 0.2) is 5.60 Å². The van der Waals surface area contributed by atoms with E-state index >= 15 is 0 Å². The lowest BCUT2D eigenvalue weighted by Crippen LogP contribution is -2.58. The maximum Gasteiger partial charge on any atom is 0.421 e. The molecule has 1 aromatic heterocycles. The Morgan fingerprint density at radius 3 is 2.35 bits per heavy atom. The lowest BCUT2D eigenvalue weighted by atomic mass is 9.94. The quantitative estimate of drug-likeness (QED) is 0.274. The first kappa shape index (κ1) is 27.5. The molecule has 0 saturated carbocycles. The van der Waals surface area contributed by atoms with Crippen LogP contribution < -0.4 is 4.90 Å². The third kappa shape index (κ3) is 5.36. The van der Waals surface area contributed by atoms with Gasteiger partial charge >= 0.3 is 6.18 Å². The Kier molecular flexibility index (Phi) is 7.64. The van der Waals surface area contributed by atoms with Crippen LogP contribution in [0.25, 0.3) is 0 Å². The molecule has 4 rings (SSSR count). The molecule has 198 valence electrons. The summed E-state index contributed by atoms with van der Waals surface area (Å²) in [5, 5.41) is 11.6. The monoisotopic (exact) mass is 574 g/mol. The first-order valence-corrected chi connectivity index (χ1v) is 14.0. The van der Waals surface area contributed by atoms with Crippen molar-refractivity contribution in [2.45, 2.75) is 29.0 Å². The van der Waals surface area contributed by atoms with Crippen molar-refractivity contribution in [2.75, 3.05) is 24.5 Å². The van der Waals surface area contributed by atoms with Gasteiger partial charge < -0.3 is 10.0 Å². The average Bonchev–Trinajstić information content (AvgIpc) is 3.40. The number of sulfonamides is 1. The average molecular weight is 575 g/mol. The highest BCUT2D eigenvalue weighted by molar-refractivity contribution is 7.91. The molecule has 37 heavy (non-hydrogen) atoms. The van der Waals surface area contributed by atoms with E-state index in [-0.39, 0.29) is 51.1 Å². The van der Waals surface area contributed by atoms with E-state index in [1.807, 2.05) is 0 Å². The highest BCUT2D eigenvalue weighted by Crippen LogP contribution is 2.39. The molecule has 6 nitrogen and oxygen atoms in total. The van der Waals surface area contributed by atoms with Gasteiger partial charge in [-0.15, -0.1) is 11.3 Å². The zero-order valence-corrected chi connectivity index (χ0v) is 21.8. The fourth-order valence-corrected chi connectivity index (χ4v) is 7.24. The van der Waals surface area contributed by atoms with Gasteiger partial charge in [0.2, 0.25) is 0 Å². The van der Waals surface area contributed by atoms with Crippen LogP contribution in [0.4, 0.5) is 23.2 Å². The normalized spacial score (nSPS) is 18.9. The molecule has 0 spiro atoms. The molecule has 1 unspecified atom stereocenters. The number of hydrogen-bond donors (Lipinski definition) is 1. The largest absolute Gasteiger partial charge is 0.421 e. The van der Waals surface area contributed by atoms with Crippen molar-refractivity contribution in [2.24, 2.45) is 0 Å². The Bertz CT molecular complexity index is 1420. The summed E-state index contributed by atoms with van der Waals surface area (Å²) >= 11 is 1.17. The predicted molar refractivity (Wildman–Crippen MR) is 135 cm³/mol. The molecule has 2 aromatic carbocycles. The zero-order chi connectivity index (χ0) is 27.0. The number of hydrogen-bond acceptors (Lipinski definition) is 6. The van der Waals surface area contributed by atoms with Crippen molar-refractivity contribution in [3.63, 3.8) is 0 Å². The summed E-state index contributed by atoms with van der Waals surface area (Å²) in [6.45, 7) is 0.689. The molecule has 0 aliphatic carbocycles. The minimum Gasteiger partial charge on any atom is -0.376 e. The number of piperazine rings is 1. The number of alkyl halides is 3. The molecule has 0 radical (unpaired) electrons. The maximum absolute atomic E-state index is 14.0. The van der Waals surface area contributed by atoms with E-state index in [4.69, 9.17) is 0 Å². The first-order valence-electron chi connectivity index (χ1n) is 11.0. The lowest BCUT2D eigenvalue weighted by molar-refractivity contribution is -0.258. The van der Waals surface area contributed by atoms with Crippen molar-refractivity contribution < 1.29 is 35.3 Å². The van der Waals surface area contributed by atoms with Crippen LogP contribution in [0.2, 0.25) is 0 Å². The molecule has 2 atom stereocenters. The summed E-state index contributed by atoms with van der Waals surface area (Å²) in [7, 11) is -3.86. The van der Waals surface area contributed by atoms with Crippen LogP contribution in [0, 0.1) is 5.82 Å². The van der Waals surface area contributed by atoms with Gasteiger partial charge in [-0.3, -0.25) is 0 Å². The second-order valence-corrected chi connectivity index (χ2v) is 12.3. The highest BCUT2D eigenvalue weighted by atomic mass is 32.2. The summed E-state index contributed by atoms with van der Waals surface area (Å²) in [6, 6.07) is 12.6. The minimum atomic E-state index is -4.89. The van der Waals surface area contributed by atoms with Crippen LogP contribution >= 0.6 is 11.3 Å². The number of nitrogens with zero attached hydrogens (tertiary/aromatic N) is 2. The van der Waals surface area contributed by atoms with Crippen molar-refractivity contribution in [3.05, 3.63) is 83.0 Å². The Labute approximate surface area is 218 Å². The van der Waals surface area contributed by atoms with E-state index in [0.717, 1.165) is 23.5 Å². The molecule has 1 saturated heterocycles. The van der Waals surface area contributed by atoms with Crippen molar-refractivity contribution >= 4 is 43.2 Å². The fourth-order valence-electron chi connectivity index (χ4n) is 4.13. The van der Waals surface area contributed by atoms with Crippen LogP contribution in [-0.2, 0) is 26.9 Å². The molecule has 13 heteroatoms. The second kappa shape index (κ2) is 10.3.